The van der Waals surface area contributed by atoms with Crippen LogP contribution in [-0.4, -0.2) is 22.2 Å². The van der Waals surface area contributed by atoms with E-state index in [9.17, 15) is 19.8 Å². The van der Waals surface area contributed by atoms with Crippen LogP contribution in [-0.2, 0) is 9.59 Å². The fourth-order valence-corrected chi connectivity index (χ4v) is 3.59. The van der Waals surface area contributed by atoms with Crippen molar-refractivity contribution in [3.8, 4) is 0 Å². The molecule has 1 fully saturated rings. The number of carboxylic acid groups (broad SMARTS) is 2. The molecule has 1 aliphatic rings. The summed E-state index contributed by atoms with van der Waals surface area (Å²) in [5.41, 5.74) is -0.551. The molecule has 2 unspecified atom stereocenters. The van der Waals surface area contributed by atoms with E-state index in [-0.39, 0.29) is 5.92 Å². The summed E-state index contributed by atoms with van der Waals surface area (Å²) in [6, 6.07) is 0. The normalized spacial score (nSPS) is 29.2. The Balaban J connectivity index is 3.13. The Morgan fingerprint density at radius 3 is 2.24 bits per heavy atom. The summed E-state index contributed by atoms with van der Waals surface area (Å²) in [6.07, 6.45) is 5.22. The molecule has 1 rings (SSSR count). The van der Waals surface area contributed by atoms with Crippen molar-refractivity contribution in [1.29, 1.82) is 0 Å². The minimum absolute atomic E-state index is 0.221. The number of aliphatic carboxylic acids is 2. The van der Waals surface area contributed by atoms with Gasteiger partial charge < -0.3 is 10.2 Å². The van der Waals surface area contributed by atoms with Gasteiger partial charge in [-0.15, -0.1) is 0 Å². The van der Waals surface area contributed by atoms with Gasteiger partial charge in [-0.3, -0.25) is 9.59 Å². The van der Waals surface area contributed by atoms with E-state index in [4.69, 9.17) is 0 Å². The first-order valence-corrected chi connectivity index (χ1v) is 6.45. The van der Waals surface area contributed by atoms with Crippen LogP contribution in [0.2, 0.25) is 0 Å². The zero-order valence-corrected chi connectivity index (χ0v) is 10.6. The van der Waals surface area contributed by atoms with Crippen LogP contribution in [0.3, 0.4) is 0 Å². The summed E-state index contributed by atoms with van der Waals surface area (Å²) >= 11 is 0. The second-order valence-electron chi connectivity index (χ2n) is 5.05. The highest BCUT2D eigenvalue weighted by molar-refractivity contribution is 5.94. The monoisotopic (exact) mass is 242 g/mol. The average Bonchev–Trinajstić information content (AvgIpc) is 2.28. The van der Waals surface area contributed by atoms with Crippen molar-refractivity contribution in [3.05, 3.63) is 0 Å². The fraction of sp³-hybridized carbons (Fsp3) is 0.846. The molecule has 0 saturated heterocycles. The van der Waals surface area contributed by atoms with Crippen LogP contribution < -0.4 is 0 Å². The summed E-state index contributed by atoms with van der Waals surface area (Å²) in [4.78, 5) is 22.6. The Morgan fingerprint density at radius 1 is 1.24 bits per heavy atom. The average molecular weight is 242 g/mol. The fourth-order valence-electron chi connectivity index (χ4n) is 3.59. The van der Waals surface area contributed by atoms with Gasteiger partial charge >= 0.3 is 11.9 Å². The summed E-state index contributed by atoms with van der Waals surface area (Å²) in [6.45, 7) is 3.95. The van der Waals surface area contributed by atoms with E-state index in [1.807, 2.05) is 13.8 Å². The lowest BCUT2D eigenvalue weighted by Crippen LogP contribution is -2.47. The van der Waals surface area contributed by atoms with Gasteiger partial charge in [0.2, 0.25) is 0 Å². The molecule has 2 N–H and O–H groups in total. The van der Waals surface area contributed by atoms with Gasteiger partial charge in [0.05, 0.1) is 0 Å². The number of hydrogen-bond acceptors (Lipinski definition) is 2. The minimum atomic E-state index is -1.25. The quantitative estimate of drug-likeness (QED) is 0.727. The lowest BCUT2D eigenvalue weighted by Gasteiger charge is -2.45. The SMILES string of the molecule is CCC1CCCCC1(CC)C(C(=O)O)C(=O)O. The molecule has 17 heavy (non-hydrogen) atoms. The Kier molecular flexibility index (Phi) is 4.54. The van der Waals surface area contributed by atoms with Gasteiger partial charge in [-0.2, -0.15) is 0 Å². The van der Waals surface area contributed by atoms with Gasteiger partial charge in [0, 0.05) is 0 Å². The van der Waals surface area contributed by atoms with Gasteiger partial charge in [-0.05, 0) is 30.6 Å². The molecule has 0 bridgehead atoms. The van der Waals surface area contributed by atoms with Crippen LogP contribution in [0, 0.1) is 17.3 Å². The largest absolute Gasteiger partial charge is 0.481 e. The topological polar surface area (TPSA) is 74.6 Å². The highest BCUT2D eigenvalue weighted by Gasteiger charge is 2.51. The first kappa shape index (κ1) is 14.0. The Bertz CT molecular complexity index is 286. The predicted molar refractivity (Wildman–Crippen MR) is 63.7 cm³/mol. The molecule has 1 saturated carbocycles. The molecule has 0 aromatic heterocycles. The standard InChI is InChI=1S/C13H22O4/c1-3-9-7-5-6-8-13(9,4-2)10(11(14)15)12(16)17/h9-10H,3-8H2,1-2H3,(H,14,15)(H,16,17). The summed E-state index contributed by atoms with van der Waals surface area (Å²) in [7, 11) is 0. The second-order valence-corrected chi connectivity index (χ2v) is 5.05. The van der Waals surface area contributed by atoms with E-state index < -0.39 is 23.3 Å². The summed E-state index contributed by atoms with van der Waals surface area (Å²) in [5, 5.41) is 18.4. The molecule has 0 heterocycles. The van der Waals surface area contributed by atoms with Crippen molar-refractivity contribution < 1.29 is 19.8 Å². The van der Waals surface area contributed by atoms with Crippen molar-refractivity contribution in [3.63, 3.8) is 0 Å². The second kappa shape index (κ2) is 5.52. The molecule has 4 nitrogen and oxygen atoms in total. The third-order valence-corrected chi connectivity index (χ3v) is 4.48. The maximum atomic E-state index is 11.3. The van der Waals surface area contributed by atoms with Gasteiger partial charge in [0.15, 0.2) is 5.92 Å². The van der Waals surface area contributed by atoms with E-state index in [1.165, 1.54) is 0 Å². The van der Waals surface area contributed by atoms with Crippen molar-refractivity contribution in [2.45, 2.75) is 52.4 Å². The molecule has 2 atom stereocenters. The predicted octanol–water partition coefficient (Wildman–Crippen LogP) is 2.77. The molecule has 1 aliphatic carbocycles. The number of hydrogen-bond donors (Lipinski definition) is 2. The number of carbonyl (C=O) groups is 2. The van der Waals surface area contributed by atoms with Crippen LogP contribution in [0.15, 0.2) is 0 Å². The number of rotatable bonds is 5. The van der Waals surface area contributed by atoms with E-state index >= 15 is 0 Å². The van der Waals surface area contributed by atoms with E-state index in [1.54, 1.807) is 0 Å². The van der Waals surface area contributed by atoms with Gasteiger partial charge in [0.25, 0.3) is 0 Å². The van der Waals surface area contributed by atoms with Crippen LogP contribution in [0.5, 0.6) is 0 Å². The molecule has 0 aromatic carbocycles. The van der Waals surface area contributed by atoms with E-state index in [2.05, 4.69) is 0 Å². The first-order chi connectivity index (χ1) is 7.99. The van der Waals surface area contributed by atoms with E-state index in [0.717, 1.165) is 32.1 Å². The number of carboxylic acids is 2. The molecule has 0 aliphatic heterocycles. The van der Waals surface area contributed by atoms with Crippen LogP contribution in [0.25, 0.3) is 0 Å². The van der Waals surface area contributed by atoms with Crippen LogP contribution in [0.1, 0.15) is 52.4 Å². The van der Waals surface area contributed by atoms with Crippen LogP contribution in [0.4, 0.5) is 0 Å². The Hall–Kier alpha value is -1.06. The highest BCUT2D eigenvalue weighted by atomic mass is 16.4. The molecule has 0 amide bonds. The molecular formula is C13H22O4. The van der Waals surface area contributed by atoms with E-state index in [0.29, 0.717) is 6.42 Å². The minimum Gasteiger partial charge on any atom is -0.481 e. The lowest BCUT2D eigenvalue weighted by atomic mass is 9.57. The third kappa shape index (κ3) is 2.45. The molecule has 0 aromatic rings. The first-order valence-electron chi connectivity index (χ1n) is 6.45. The summed E-state index contributed by atoms with van der Waals surface area (Å²) in [5.74, 6) is -3.39. The molecule has 4 heteroatoms. The maximum Gasteiger partial charge on any atom is 0.318 e. The smallest absolute Gasteiger partial charge is 0.318 e. The van der Waals surface area contributed by atoms with Crippen molar-refractivity contribution in [2.75, 3.05) is 0 Å². The van der Waals surface area contributed by atoms with Crippen molar-refractivity contribution in [1.82, 2.24) is 0 Å². The van der Waals surface area contributed by atoms with Crippen molar-refractivity contribution in [2.24, 2.45) is 17.3 Å². The molecule has 0 spiro atoms. The van der Waals surface area contributed by atoms with Crippen LogP contribution >= 0.6 is 0 Å². The summed E-state index contributed by atoms with van der Waals surface area (Å²) < 4.78 is 0. The van der Waals surface area contributed by atoms with Gasteiger partial charge in [-0.25, -0.2) is 0 Å². The molecular weight excluding hydrogens is 220 g/mol. The van der Waals surface area contributed by atoms with Gasteiger partial charge in [-0.1, -0.05) is 33.1 Å². The molecule has 0 radical (unpaired) electrons. The third-order valence-electron chi connectivity index (χ3n) is 4.48. The lowest BCUT2D eigenvalue weighted by molar-refractivity contribution is -0.166. The zero-order chi connectivity index (χ0) is 13.1. The van der Waals surface area contributed by atoms with Gasteiger partial charge in [0.1, 0.15) is 0 Å². The Morgan fingerprint density at radius 2 is 1.82 bits per heavy atom. The molecule has 98 valence electrons. The van der Waals surface area contributed by atoms with Crippen molar-refractivity contribution >= 4 is 11.9 Å². The zero-order valence-electron chi connectivity index (χ0n) is 10.6. The highest BCUT2D eigenvalue weighted by Crippen LogP contribution is 2.50. The maximum absolute atomic E-state index is 11.3. The Labute approximate surface area is 102 Å².